The van der Waals surface area contributed by atoms with Crippen molar-refractivity contribution in [1.82, 2.24) is 5.01 Å². The molecule has 0 bridgehead atoms. The fourth-order valence-corrected chi connectivity index (χ4v) is 1.04. The maximum atomic E-state index is 10.9. The molecule has 0 aromatic heterocycles. The van der Waals surface area contributed by atoms with Gasteiger partial charge in [0.15, 0.2) is 5.78 Å². The number of carbonyl (C=O) groups is 1. The van der Waals surface area contributed by atoms with Gasteiger partial charge in [0, 0.05) is 25.3 Å². The third-order valence-electron chi connectivity index (χ3n) is 1.64. The molecule has 0 radical (unpaired) electrons. The van der Waals surface area contributed by atoms with Gasteiger partial charge in [0.1, 0.15) is 0 Å². The lowest BCUT2D eigenvalue weighted by atomic mass is 10.1. The summed E-state index contributed by atoms with van der Waals surface area (Å²) < 4.78 is 0. The second-order valence-electron chi connectivity index (χ2n) is 3.14. The summed E-state index contributed by atoms with van der Waals surface area (Å²) in [4.78, 5) is 10.9. The number of nitrogens with zero attached hydrogens (tertiary/aromatic N) is 1. The van der Waals surface area contributed by atoms with Crippen LogP contribution < -0.4 is 5.43 Å². The molecule has 3 heteroatoms. The van der Waals surface area contributed by atoms with Crippen LogP contribution in [0.25, 0.3) is 0 Å². The molecule has 0 spiro atoms. The Hall–Kier alpha value is -1.35. The third-order valence-corrected chi connectivity index (χ3v) is 1.64. The molecule has 0 heterocycles. The lowest BCUT2D eigenvalue weighted by Gasteiger charge is -2.13. The van der Waals surface area contributed by atoms with Crippen molar-refractivity contribution in [1.29, 1.82) is 0 Å². The molecule has 1 rings (SSSR count). The van der Waals surface area contributed by atoms with Crippen LogP contribution in [0.2, 0.25) is 0 Å². The van der Waals surface area contributed by atoms with Crippen LogP contribution in [-0.4, -0.2) is 24.9 Å². The summed E-state index contributed by atoms with van der Waals surface area (Å²) in [6.07, 6.45) is 0. The molecule has 0 fully saturated rings. The van der Waals surface area contributed by atoms with Gasteiger partial charge in [-0.25, -0.2) is 5.01 Å². The highest BCUT2D eigenvalue weighted by molar-refractivity contribution is 5.94. The predicted octanol–water partition coefficient (Wildman–Crippen LogP) is 1.78. The molecule has 0 atom stereocenters. The minimum absolute atomic E-state index is 0.0939. The lowest BCUT2D eigenvalue weighted by molar-refractivity contribution is 0.101. The quantitative estimate of drug-likeness (QED) is 0.565. The Bertz CT molecular complexity index is 290. The zero-order valence-electron chi connectivity index (χ0n) is 8.16. The van der Waals surface area contributed by atoms with Crippen molar-refractivity contribution < 1.29 is 4.79 Å². The lowest BCUT2D eigenvalue weighted by Crippen LogP contribution is -2.19. The van der Waals surface area contributed by atoms with Gasteiger partial charge in [0.05, 0.1) is 0 Å². The van der Waals surface area contributed by atoms with Gasteiger partial charge in [-0.1, -0.05) is 0 Å². The highest BCUT2D eigenvalue weighted by Gasteiger charge is 1.98. The largest absolute Gasteiger partial charge is 0.319 e. The van der Waals surface area contributed by atoms with Crippen molar-refractivity contribution >= 4 is 11.5 Å². The second-order valence-corrected chi connectivity index (χ2v) is 3.14. The molecule has 3 nitrogen and oxygen atoms in total. The number of benzene rings is 1. The van der Waals surface area contributed by atoms with E-state index in [1.807, 2.05) is 43.4 Å². The van der Waals surface area contributed by atoms with Gasteiger partial charge >= 0.3 is 0 Å². The van der Waals surface area contributed by atoms with Crippen molar-refractivity contribution in [2.45, 2.75) is 6.92 Å². The Labute approximate surface area is 78.3 Å². The molecule has 1 aromatic carbocycles. The number of ketones is 1. The van der Waals surface area contributed by atoms with E-state index in [0.717, 1.165) is 11.3 Å². The number of hydrogen-bond donors (Lipinski definition) is 1. The van der Waals surface area contributed by atoms with Gasteiger partial charge in [-0.3, -0.25) is 4.79 Å². The number of carbonyl (C=O) groups excluding carboxylic acids is 1. The average molecular weight is 178 g/mol. The second kappa shape index (κ2) is 4.05. The average Bonchev–Trinajstić information content (AvgIpc) is 2.04. The first-order valence-corrected chi connectivity index (χ1v) is 4.14. The van der Waals surface area contributed by atoms with E-state index in [1.165, 1.54) is 0 Å². The number of nitrogens with one attached hydrogen (secondary N) is 1. The van der Waals surface area contributed by atoms with Crippen LogP contribution in [0.1, 0.15) is 17.3 Å². The van der Waals surface area contributed by atoms with Gasteiger partial charge in [0.2, 0.25) is 0 Å². The van der Waals surface area contributed by atoms with Gasteiger partial charge in [-0.05, 0) is 31.2 Å². The number of rotatable bonds is 3. The predicted molar refractivity (Wildman–Crippen MR) is 53.8 cm³/mol. The van der Waals surface area contributed by atoms with Crippen LogP contribution in [0.15, 0.2) is 24.3 Å². The molecule has 0 aliphatic carbocycles. The molecule has 1 N–H and O–H groups in total. The van der Waals surface area contributed by atoms with Crippen molar-refractivity contribution in [2.75, 3.05) is 19.5 Å². The van der Waals surface area contributed by atoms with E-state index < -0.39 is 0 Å². The molecule has 0 saturated heterocycles. The molecule has 0 saturated carbocycles. The van der Waals surface area contributed by atoms with E-state index in [0.29, 0.717) is 0 Å². The van der Waals surface area contributed by atoms with Crippen LogP contribution >= 0.6 is 0 Å². The zero-order valence-corrected chi connectivity index (χ0v) is 8.16. The minimum atomic E-state index is 0.0939. The highest BCUT2D eigenvalue weighted by atomic mass is 16.1. The Balaban J connectivity index is 2.75. The first-order chi connectivity index (χ1) is 6.09. The molecule has 13 heavy (non-hydrogen) atoms. The molecule has 1 aromatic rings. The Morgan fingerprint density at radius 2 is 1.77 bits per heavy atom. The summed E-state index contributed by atoms with van der Waals surface area (Å²) in [6.45, 7) is 1.56. The smallest absolute Gasteiger partial charge is 0.159 e. The zero-order chi connectivity index (χ0) is 9.84. The Kier molecular flexibility index (Phi) is 3.03. The number of Topliss-reactive ketones (excluding diaryl/α,β-unsaturated/α-hetero) is 1. The van der Waals surface area contributed by atoms with E-state index in [9.17, 15) is 4.79 Å². The van der Waals surface area contributed by atoms with E-state index in [2.05, 4.69) is 5.43 Å². The van der Waals surface area contributed by atoms with Crippen molar-refractivity contribution in [3.63, 3.8) is 0 Å². The number of hydrogen-bond acceptors (Lipinski definition) is 3. The first-order valence-electron chi connectivity index (χ1n) is 4.14. The molecular formula is C10H14N2O. The van der Waals surface area contributed by atoms with Crippen LogP contribution in [0, 0.1) is 0 Å². The maximum Gasteiger partial charge on any atom is 0.159 e. The summed E-state index contributed by atoms with van der Waals surface area (Å²) in [5, 5.41) is 1.85. The summed E-state index contributed by atoms with van der Waals surface area (Å²) in [5.74, 6) is 0.0939. The SMILES string of the molecule is CC(=O)c1ccc(NN(C)C)cc1. The normalized spacial score (nSPS) is 10.2. The number of anilines is 1. The van der Waals surface area contributed by atoms with Gasteiger partial charge in [0.25, 0.3) is 0 Å². The molecule has 70 valence electrons. The van der Waals surface area contributed by atoms with Gasteiger partial charge in [-0.2, -0.15) is 0 Å². The standard InChI is InChI=1S/C10H14N2O/c1-8(13)9-4-6-10(7-5-9)11-12(2)3/h4-7,11H,1-3H3. The summed E-state index contributed by atoms with van der Waals surface area (Å²) >= 11 is 0. The van der Waals surface area contributed by atoms with E-state index >= 15 is 0 Å². The Morgan fingerprint density at radius 3 is 2.15 bits per heavy atom. The summed E-state index contributed by atoms with van der Waals surface area (Å²) in [5.41, 5.74) is 4.81. The monoisotopic (exact) mass is 178 g/mol. The maximum absolute atomic E-state index is 10.9. The van der Waals surface area contributed by atoms with E-state index in [-0.39, 0.29) is 5.78 Å². The number of hydrazine groups is 1. The molecular weight excluding hydrogens is 164 g/mol. The fraction of sp³-hybridized carbons (Fsp3) is 0.300. The Morgan fingerprint density at radius 1 is 1.23 bits per heavy atom. The van der Waals surface area contributed by atoms with Crippen LogP contribution in [0.4, 0.5) is 5.69 Å². The van der Waals surface area contributed by atoms with Crippen molar-refractivity contribution in [3.05, 3.63) is 29.8 Å². The highest BCUT2D eigenvalue weighted by Crippen LogP contribution is 2.09. The fourth-order valence-electron chi connectivity index (χ4n) is 1.04. The van der Waals surface area contributed by atoms with E-state index in [4.69, 9.17) is 0 Å². The van der Waals surface area contributed by atoms with Gasteiger partial charge in [-0.15, -0.1) is 0 Å². The topological polar surface area (TPSA) is 32.3 Å². The van der Waals surface area contributed by atoms with Crippen molar-refractivity contribution in [3.8, 4) is 0 Å². The summed E-state index contributed by atoms with van der Waals surface area (Å²) in [6, 6.07) is 7.40. The van der Waals surface area contributed by atoms with E-state index in [1.54, 1.807) is 6.92 Å². The summed E-state index contributed by atoms with van der Waals surface area (Å²) in [7, 11) is 3.83. The van der Waals surface area contributed by atoms with Gasteiger partial charge < -0.3 is 5.43 Å². The first kappa shape index (κ1) is 9.74. The van der Waals surface area contributed by atoms with Crippen LogP contribution in [-0.2, 0) is 0 Å². The molecule has 0 unspecified atom stereocenters. The molecule has 0 aliphatic rings. The molecule has 0 aliphatic heterocycles. The van der Waals surface area contributed by atoms with Crippen molar-refractivity contribution in [2.24, 2.45) is 0 Å². The van der Waals surface area contributed by atoms with Crippen LogP contribution in [0.5, 0.6) is 0 Å². The third kappa shape index (κ3) is 2.87. The minimum Gasteiger partial charge on any atom is -0.319 e. The van der Waals surface area contributed by atoms with Crippen LogP contribution in [0.3, 0.4) is 0 Å². The molecule has 0 amide bonds.